The smallest absolute Gasteiger partial charge is 0.0127 e. The summed E-state index contributed by atoms with van der Waals surface area (Å²) < 4.78 is 0. The van der Waals surface area contributed by atoms with Crippen molar-refractivity contribution in [2.45, 2.75) is 38.6 Å². The molecule has 0 heterocycles. The van der Waals surface area contributed by atoms with Crippen LogP contribution in [0.4, 0.5) is 0 Å². The van der Waals surface area contributed by atoms with Gasteiger partial charge in [-0.3, -0.25) is 0 Å². The Balaban J connectivity index is 1.84. The van der Waals surface area contributed by atoms with E-state index in [2.05, 4.69) is 37.3 Å². The van der Waals surface area contributed by atoms with E-state index in [0.717, 1.165) is 18.3 Å². The van der Waals surface area contributed by atoms with Crippen molar-refractivity contribution in [2.75, 3.05) is 0 Å². The molecule has 2 aliphatic rings. The topological polar surface area (TPSA) is 26.0 Å². The van der Waals surface area contributed by atoms with Gasteiger partial charge in [-0.15, -0.1) is 0 Å². The second-order valence-electron chi connectivity index (χ2n) is 5.96. The molecule has 3 rings (SSSR count). The molecule has 0 amide bonds. The number of rotatable bonds is 2. The molecule has 2 N–H and O–H groups in total. The molecule has 1 nitrogen and oxygen atoms in total. The summed E-state index contributed by atoms with van der Waals surface area (Å²) in [7, 11) is 0. The molecule has 0 saturated heterocycles. The Kier molecular flexibility index (Phi) is 2.32. The van der Waals surface area contributed by atoms with Crippen molar-refractivity contribution in [3.05, 3.63) is 35.9 Å². The Hall–Kier alpha value is -0.820. The van der Waals surface area contributed by atoms with Gasteiger partial charge in [0.15, 0.2) is 0 Å². The van der Waals surface area contributed by atoms with Crippen LogP contribution < -0.4 is 5.73 Å². The van der Waals surface area contributed by atoms with Crippen LogP contribution in [0.25, 0.3) is 0 Å². The van der Waals surface area contributed by atoms with Gasteiger partial charge in [-0.2, -0.15) is 0 Å². The maximum atomic E-state index is 6.45. The van der Waals surface area contributed by atoms with E-state index in [0.29, 0.717) is 11.5 Å². The summed E-state index contributed by atoms with van der Waals surface area (Å²) in [5.41, 5.74) is 8.25. The Morgan fingerprint density at radius 1 is 1.25 bits per heavy atom. The highest BCUT2D eigenvalue weighted by molar-refractivity contribution is 5.20. The van der Waals surface area contributed by atoms with Crippen LogP contribution >= 0.6 is 0 Å². The summed E-state index contributed by atoms with van der Waals surface area (Å²) in [6, 6.07) is 11.3. The molecule has 4 atom stereocenters. The number of hydrogen-bond acceptors (Lipinski definition) is 1. The number of fused-ring (bicyclic) bond motifs is 2. The van der Waals surface area contributed by atoms with Crippen LogP contribution in [0.3, 0.4) is 0 Å². The first-order chi connectivity index (χ1) is 7.70. The highest BCUT2D eigenvalue weighted by Crippen LogP contribution is 2.56. The Morgan fingerprint density at radius 3 is 2.62 bits per heavy atom. The maximum absolute atomic E-state index is 6.45. The van der Waals surface area contributed by atoms with Gasteiger partial charge in [-0.05, 0) is 48.5 Å². The largest absolute Gasteiger partial charge is 0.327 e. The van der Waals surface area contributed by atoms with Gasteiger partial charge < -0.3 is 5.73 Å². The third-order valence-corrected chi connectivity index (χ3v) is 5.10. The molecule has 1 aromatic rings. The van der Waals surface area contributed by atoms with Gasteiger partial charge in [-0.1, -0.05) is 37.3 Å². The zero-order valence-corrected chi connectivity index (χ0v) is 10.0. The van der Waals surface area contributed by atoms with E-state index in [1.54, 1.807) is 0 Å². The summed E-state index contributed by atoms with van der Waals surface area (Å²) >= 11 is 0. The summed E-state index contributed by atoms with van der Waals surface area (Å²) in [5.74, 6) is 1.67. The van der Waals surface area contributed by atoms with E-state index in [1.807, 2.05) is 0 Å². The van der Waals surface area contributed by atoms with Crippen LogP contribution in [0.1, 0.15) is 31.7 Å². The molecule has 2 saturated carbocycles. The van der Waals surface area contributed by atoms with Crippen LogP contribution in [0.15, 0.2) is 30.3 Å². The van der Waals surface area contributed by atoms with Crippen molar-refractivity contribution < 1.29 is 0 Å². The molecule has 0 spiro atoms. The SMILES string of the molecule is C[C@@]1(Cc2ccccc2)[C@@H]2CC[C@@H](C2)[C@@H]1N. The van der Waals surface area contributed by atoms with Gasteiger partial charge in [0.1, 0.15) is 0 Å². The van der Waals surface area contributed by atoms with Crippen LogP contribution in [0.2, 0.25) is 0 Å². The predicted octanol–water partition coefficient (Wildman–Crippen LogP) is 2.99. The van der Waals surface area contributed by atoms with Crippen molar-refractivity contribution >= 4 is 0 Å². The number of benzene rings is 1. The number of nitrogens with two attached hydrogens (primary N) is 1. The average Bonchev–Trinajstić information content (AvgIpc) is 2.85. The summed E-state index contributed by atoms with van der Waals surface area (Å²) in [6.45, 7) is 2.41. The second-order valence-corrected chi connectivity index (χ2v) is 5.96. The van der Waals surface area contributed by atoms with E-state index in [-0.39, 0.29) is 0 Å². The first kappa shape index (κ1) is 10.3. The van der Waals surface area contributed by atoms with E-state index < -0.39 is 0 Å². The van der Waals surface area contributed by atoms with Crippen molar-refractivity contribution in [3.63, 3.8) is 0 Å². The molecule has 0 radical (unpaired) electrons. The molecule has 0 unspecified atom stereocenters. The van der Waals surface area contributed by atoms with Crippen molar-refractivity contribution in [3.8, 4) is 0 Å². The fourth-order valence-corrected chi connectivity index (χ4v) is 4.05. The summed E-state index contributed by atoms with van der Waals surface area (Å²) in [5, 5.41) is 0. The average molecular weight is 215 g/mol. The van der Waals surface area contributed by atoms with Crippen LogP contribution in [0, 0.1) is 17.3 Å². The van der Waals surface area contributed by atoms with Crippen molar-refractivity contribution in [2.24, 2.45) is 23.0 Å². The van der Waals surface area contributed by atoms with Crippen LogP contribution in [-0.2, 0) is 6.42 Å². The minimum absolute atomic E-state index is 0.351. The maximum Gasteiger partial charge on any atom is 0.0127 e. The lowest BCUT2D eigenvalue weighted by atomic mass is 9.68. The Labute approximate surface area is 98.0 Å². The van der Waals surface area contributed by atoms with E-state index in [4.69, 9.17) is 5.73 Å². The molecule has 2 bridgehead atoms. The van der Waals surface area contributed by atoms with E-state index in [1.165, 1.54) is 24.8 Å². The van der Waals surface area contributed by atoms with Crippen molar-refractivity contribution in [1.82, 2.24) is 0 Å². The Morgan fingerprint density at radius 2 is 2.00 bits per heavy atom. The minimum atomic E-state index is 0.351. The molecule has 16 heavy (non-hydrogen) atoms. The molecule has 1 aromatic carbocycles. The lowest BCUT2D eigenvalue weighted by Crippen LogP contribution is -2.45. The van der Waals surface area contributed by atoms with Gasteiger partial charge in [0.25, 0.3) is 0 Å². The van der Waals surface area contributed by atoms with E-state index >= 15 is 0 Å². The third-order valence-electron chi connectivity index (χ3n) is 5.10. The fourth-order valence-electron chi connectivity index (χ4n) is 4.05. The van der Waals surface area contributed by atoms with E-state index in [9.17, 15) is 0 Å². The zero-order chi connectivity index (χ0) is 11.2. The zero-order valence-electron chi connectivity index (χ0n) is 10.0. The van der Waals surface area contributed by atoms with Gasteiger partial charge >= 0.3 is 0 Å². The van der Waals surface area contributed by atoms with Gasteiger partial charge in [-0.25, -0.2) is 0 Å². The fraction of sp³-hybridized carbons (Fsp3) is 0.600. The molecule has 86 valence electrons. The molecule has 1 heteroatoms. The third kappa shape index (κ3) is 1.41. The molecular formula is C15H21N. The van der Waals surface area contributed by atoms with Gasteiger partial charge in [0, 0.05) is 6.04 Å². The monoisotopic (exact) mass is 215 g/mol. The van der Waals surface area contributed by atoms with Crippen LogP contribution in [0.5, 0.6) is 0 Å². The first-order valence-corrected chi connectivity index (χ1v) is 6.49. The minimum Gasteiger partial charge on any atom is -0.327 e. The molecule has 0 aliphatic heterocycles. The molecule has 0 aromatic heterocycles. The standard InChI is InChI=1S/C15H21N/c1-15(10-11-5-3-2-4-6-11)13-8-7-12(9-13)14(15)16/h2-6,12-14H,7-10,16H2,1H3/t12-,13+,14-,15+/m0/s1. The van der Waals surface area contributed by atoms with Gasteiger partial charge in [0.05, 0.1) is 0 Å². The normalized spacial score (nSPS) is 41.5. The highest BCUT2D eigenvalue weighted by atomic mass is 14.8. The second kappa shape index (κ2) is 3.59. The number of hydrogen-bond donors (Lipinski definition) is 1. The highest BCUT2D eigenvalue weighted by Gasteiger charge is 2.53. The first-order valence-electron chi connectivity index (χ1n) is 6.49. The van der Waals surface area contributed by atoms with Crippen LogP contribution in [-0.4, -0.2) is 6.04 Å². The predicted molar refractivity (Wildman–Crippen MR) is 67.1 cm³/mol. The molecular weight excluding hydrogens is 194 g/mol. The Bertz CT molecular complexity index is 368. The van der Waals surface area contributed by atoms with Gasteiger partial charge in [0.2, 0.25) is 0 Å². The molecule has 2 fully saturated rings. The lowest BCUT2D eigenvalue weighted by Gasteiger charge is -2.39. The lowest BCUT2D eigenvalue weighted by molar-refractivity contribution is 0.155. The quantitative estimate of drug-likeness (QED) is 0.806. The molecule has 2 aliphatic carbocycles. The van der Waals surface area contributed by atoms with Crippen molar-refractivity contribution in [1.29, 1.82) is 0 Å². The summed E-state index contributed by atoms with van der Waals surface area (Å²) in [6.07, 6.45) is 5.32. The summed E-state index contributed by atoms with van der Waals surface area (Å²) in [4.78, 5) is 0.